The number of ether oxygens (including phenoxy) is 3. The molecule has 0 unspecified atom stereocenters. The maximum atomic E-state index is 12.4. The fourth-order valence-electron chi connectivity index (χ4n) is 2.65. The van der Waals surface area contributed by atoms with Gasteiger partial charge < -0.3 is 23.5 Å². The van der Waals surface area contributed by atoms with Crippen LogP contribution in [-0.4, -0.2) is 59.4 Å². The van der Waals surface area contributed by atoms with E-state index in [4.69, 9.17) is 18.6 Å². The summed E-state index contributed by atoms with van der Waals surface area (Å²) in [6, 6.07) is 5.43. The lowest BCUT2D eigenvalue weighted by molar-refractivity contribution is -0.134. The Balaban J connectivity index is 1.43. The number of thioether (sulfide) groups is 1. The molecular weight excluding hydrogens is 346 g/mol. The van der Waals surface area contributed by atoms with Crippen molar-refractivity contribution in [3.63, 3.8) is 0 Å². The van der Waals surface area contributed by atoms with Crippen LogP contribution in [0.5, 0.6) is 11.5 Å². The summed E-state index contributed by atoms with van der Waals surface area (Å²) in [6.45, 7) is 4.46. The zero-order valence-electron chi connectivity index (χ0n) is 13.6. The molecule has 1 amide bonds. The molecule has 132 valence electrons. The van der Waals surface area contributed by atoms with Gasteiger partial charge in [-0.05, 0) is 25.1 Å². The minimum Gasteiger partial charge on any atom is -0.454 e. The molecule has 25 heavy (non-hydrogen) atoms. The van der Waals surface area contributed by atoms with Crippen LogP contribution in [0.3, 0.4) is 0 Å². The van der Waals surface area contributed by atoms with E-state index in [0.717, 1.165) is 5.56 Å². The summed E-state index contributed by atoms with van der Waals surface area (Å²) in [4.78, 5) is 14.2. The van der Waals surface area contributed by atoms with E-state index in [0.29, 0.717) is 48.9 Å². The third kappa shape index (κ3) is 3.42. The summed E-state index contributed by atoms with van der Waals surface area (Å²) in [6.07, 6.45) is 0. The van der Waals surface area contributed by atoms with Crippen molar-refractivity contribution in [3.8, 4) is 23.0 Å². The molecule has 8 nitrogen and oxygen atoms in total. The predicted octanol–water partition coefficient (Wildman–Crippen LogP) is 1.80. The number of morpholine rings is 1. The van der Waals surface area contributed by atoms with Gasteiger partial charge in [-0.15, -0.1) is 10.2 Å². The van der Waals surface area contributed by atoms with Crippen LogP contribution in [-0.2, 0) is 9.53 Å². The Bertz CT molecular complexity index is 775. The Morgan fingerprint density at radius 1 is 1.20 bits per heavy atom. The summed E-state index contributed by atoms with van der Waals surface area (Å²) < 4.78 is 21.6. The van der Waals surface area contributed by atoms with Crippen LogP contribution in [0.1, 0.15) is 6.92 Å². The molecule has 0 N–H and O–H groups in total. The van der Waals surface area contributed by atoms with Gasteiger partial charge in [0.1, 0.15) is 0 Å². The first kappa shape index (κ1) is 16.2. The fourth-order valence-corrected chi connectivity index (χ4v) is 3.41. The predicted molar refractivity (Wildman–Crippen MR) is 88.6 cm³/mol. The second-order valence-electron chi connectivity index (χ2n) is 5.64. The van der Waals surface area contributed by atoms with Crippen molar-refractivity contribution < 1.29 is 23.4 Å². The van der Waals surface area contributed by atoms with Gasteiger partial charge in [0.25, 0.3) is 5.22 Å². The molecule has 9 heteroatoms. The van der Waals surface area contributed by atoms with Gasteiger partial charge in [-0.1, -0.05) is 11.8 Å². The van der Waals surface area contributed by atoms with Crippen LogP contribution in [0.4, 0.5) is 0 Å². The smallest absolute Gasteiger partial charge is 0.277 e. The summed E-state index contributed by atoms with van der Waals surface area (Å²) >= 11 is 1.26. The minimum absolute atomic E-state index is 0.0520. The van der Waals surface area contributed by atoms with E-state index in [-0.39, 0.29) is 18.0 Å². The number of nitrogens with zero attached hydrogens (tertiary/aromatic N) is 3. The standard InChI is InChI=1S/C16H17N3O5S/c1-10(15(20)19-4-6-21-7-5-19)25-16-18-17-14(24-16)11-2-3-12-13(8-11)23-9-22-12/h2-3,8,10H,4-7,9H2,1H3/t10-/m1/s1. The van der Waals surface area contributed by atoms with Gasteiger partial charge >= 0.3 is 0 Å². The lowest BCUT2D eigenvalue weighted by Gasteiger charge is -2.28. The summed E-state index contributed by atoms with van der Waals surface area (Å²) in [5, 5.41) is 8.15. The Kier molecular flexibility index (Phi) is 4.50. The van der Waals surface area contributed by atoms with E-state index in [9.17, 15) is 4.79 Å². The van der Waals surface area contributed by atoms with Crippen molar-refractivity contribution in [3.05, 3.63) is 18.2 Å². The monoisotopic (exact) mass is 363 g/mol. The largest absolute Gasteiger partial charge is 0.454 e. The number of amides is 1. The molecule has 0 bridgehead atoms. The van der Waals surface area contributed by atoms with E-state index in [1.165, 1.54) is 11.8 Å². The van der Waals surface area contributed by atoms with Crippen LogP contribution in [0.25, 0.3) is 11.5 Å². The molecule has 4 rings (SSSR count). The van der Waals surface area contributed by atoms with Gasteiger partial charge in [-0.25, -0.2) is 0 Å². The van der Waals surface area contributed by atoms with Crippen molar-refractivity contribution in [1.82, 2.24) is 15.1 Å². The highest BCUT2D eigenvalue weighted by molar-refractivity contribution is 8.00. The molecule has 1 aromatic carbocycles. The second-order valence-corrected chi connectivity index (χ2v) is 6.93. The molecule has 0 saturated carbocycles. The highest BCUT2D eigenvalue weighted by Gasteiger charge is 2.25. The van der Waals surface area contributed by atoms with Gasteiger partial charge in [-0.3, -0.25) is 4.79 Å². The maximum Gasteiger partial charge on any atom is 0.277 e. The first-order valence-corrected chi connectivity index (χ1v) is 8.85. The Hall–Kier alpha value is -2.26. The molecule has 2 aliphatic rings. The molecule has 2 aliphatic heterocycles. The van der Waals surface area contributed by atoms with Crippen molar-refractivity contribution in [2.75, 3.05) is 33.1 Å². The van der Waals surface area contributed by atoms with Crippen molar-refractivity contribution >= 4 is 17.7 Å². The number of rotatable bonds is 4. The van der Waals surface area contributed by atoms with Crippen molar-refractivity contribution in [1.29, 1.82) is 0 Å². The van der Waals surface area contributed by atoms with Crippen LogP contribution >= 0.6 is 11.8 Å². The van der Waals surface area contributed by atoms with E-state index >= 15 is 0 Å². The number of hydrogen-bond donors (Lipinski definition) is 0. The molecule has 1 aromatic heterocycles. The highest BCUT2D eigenvalue weighted by atomic mass is 32.2. The number of carbonyl (C=O) groups excluding carboxylic acids is 1. The van der Waals surface area contributed by atoms with Crippen LogP contribution in [0.15, 0.2) is 27.8 Å². The average molecular weight is 363 g/mol. The Morgan fingerprint density at radius 3 is 2.84 bits per heavy atom. The number of fused-ring (bicyclic) bond motifs is 1. The zero-order valence-corrected chi connectivity index (χ0v) is 14.5. The van der Waals surface area contributed by atoms with Crippen LogP contribution in [0.2, 0.25) is 0 Å². The normalized spacial score (nSPS) is 17.6. The Labute approximate surface area is 148 Å². The SMILES string of the molecule is C[C@@H](Sc1nnc(-c2ccc3c(c2)OCO3)o1)C(=O)N1CCOCC1. The number of carbonyl (C=O) groups is 1. The van der Waals surface area contributed by atoms with Gasteiger partial charge in [0, 0.05) is 18.7 Å². The Morgan fingerprint density at radius 2 is 2.00 bits per heavy atom. The summed E-state index contributed by atoms with van der Waals surface area (Å²) in [5.41, 5.74) is 0.746. The first-order valence-electron chi connectivity index (χ1n) is 7.97. The zero-order chi connectivity index (χ0) is 17.2. The number of benzene rings is 1. The van der Waals surface area contributed by atoms with Crippen molar-refractivity contribution in [2.24, 2.45) is 0 Å². The van der Waals surface area contributed by atoms with E-state index in [1.807, 2.05) is 13.0 Å². The quantitative estimate of drug-likeness (QED) is 0.760. The van der Waals surface area contributed by atoms with Crippen molar-refractivity contribution in [2.45, 2.75) is 17.4 Å². The molecule has 0 spiro atoms. The van der Waals surface area contributed by atoms with Gasteiger partial charge in [0.05, 0.1) is 18.5 Å². The highest BCUT2D eigenvalue weighted by Crippen LogP contribution is 2.36. The molecule has 0 aliphatic carbocycles. The summed E-state index contributed by atoms with van der Waals surface area (Å²) in [7, 11) is 0. The van der Waals surface area contributed by atoms with Gasteiger partial charge in [-0.2, -0.15) is 0 Å². The molecule has 0 radical (unpaired) electrons. The number of aromatic nitrogens is 2. The lowest BCUT2D eigenvalue weighted by Crippen LogP contribution is -2.44. The van der Waals surface area contributed by atoms with Gasteiger partial charge in [0.2, 0.25) is 18.6 Å². The summed E-state index contributed by atoms with van der Waals surface area (Å²) in [5.74, 6) is 1.78. The topological polar surface area (TPSA) is 86.9 Å². The third-order valence-electron chi connectivity index (χ3n) is 3.97. The van der Waals surface area contributed by atoms with Crippen LogP contribution in [0, 0.1) is 0 Å². The fraction of sp³-hybridized carbons (Fsp3) is 0.438. The maximum absolute atomic E-state index is 12.4. The molecule has 1 atom stereocenters. The lowest BCUT2D eigenvalue weighted by atomic mass is 10.2. The first-order chi connectivity index (χ1) is 12.2. The van der Waals surface area contributed by atoms with Crippen LogP contribution < -0.4 is 9.47 Å². The molecular formula is C16H17N3O5S. The molecule has 2 aromatic rings. The molecule has 1 saturated heterocycles. The average Bonchev–Trinajstić information content (AvgIpc) is 3.30. The third-order valence-corrected chi connectivity index (χ3v) is 4.90. The minimum atomic E-state index is -0.303. The number of hydrogen-bond acceptors (Lipinski definition) is 8. The van der Waals surface area contributed by atoms with E-state index in [2.05, 4.69) is 10.2 Å². The second kappa shape index (κ2) is 6.93. The van der Waals surface area contributed by atoms with E-state index in [1.54, 1.807) is 17.0 Å². The molecule has 1 fully saturated rings. The van der Waals surface area contributed by atoms with E-state index < -0.39 is 0 Å². The molecule has 3 heterocycles. The van der Waals surface area contributed by atoms with Gasteiger partial charge in [0.15, 0.2) is 11.5 Å².